The Morgan fingerprint density at radius 1 is 1.10 bits per heavy atom. The monoisotopic (exact) mass is 288 g/mol. The van der Waals surface area contributed by atoms with Gasteiger partial charge in [-0.25, -0.2) is 4.79 Å². The molecule has 1 heterocycles. The van der Waals surface area contributed by atoms with Crippen LogP contribution in [-0.2, 0) is 0 Å². The molecule has 0 fully saturated rings. The van der Waals surface area contributed by atoms with Gasteiger partial charge in [0.15, 0.2) is 0 Å². The number of hydrogen-bond acceptors (Lipinski definition) is 4. The van der Waals surface area contributed by atoms with E-state index >= 15 is 0 Å². The Kier molecular flexibility index (Phi) is 5.43. The molecule has 4 heteroatoms. The summed E-state index contributed by atoms with van der Waals surface area (Å²) in [6.45, 7) is 2.89. The lowest BCUT2D eigenvalue weighted by molar-refractivity contribution is 0.305. The highest BCUT2D eigenvalue weighted by Crippen LogP contribution is 2.24. The first-order valence-electron chi connectivity index (χ1n) is 7.26. The maximum absolute atomic E-state index is 11.2. The number of rotatable bonds is 7. The highest BCUT2D eigenvalue weighted by molar-refractivity contribution is 5.59. The second-order valence-electron chi connectivity index (χ2n) is 4.93. The zero-order valence-electron chi connectivity index (χ0n) is 12.2. The average molecular weight is 288 g/mol. The Balaban J connectivity index is 1.97. The zero-order chi connectivity index (χ0) is 15.1. The maximum Gasteiger partial charge on any atom is 0.339 e. The summed E-state index contributed by atoms with van der Waals surface area (Å²) < 4.78 is 10.7. The van der Waals surface area contributed by atoms with Crippen LogP contribution in [0.1, 0.15) is 32.6 Å². The molecule has 0 aliphatic carbocycles. The molecule has 0 spiro atoms. The lowest BCUT2D eigenvalue weighted by Crippen LogP contribution is -1.98. The molecule has 0 atom stereocenters. The maximum atomic E-state index is 11.2. The molecule has 0 unspecified atom stereocenters. The first kappa shape index (κ1) is 15.2. The average Bonchev–Trinajstić information content (AvgIpc) is 2.47. The Morgan fingerprint density at radius 2 is 1.86 bits per heavy atom. The van der Waals surface area contributed by atoms with E-state index in [-0.39, 0.29) is 5.75 Å². The molecule has 0 saturated heterocycles. The molecule has 1 aromatic heterocycles. The van der Waals surface area contributed by atoms with E-state index < -0.39 is 5.63 Å². The van der Waals surface area contributed by atoms with Crippen LogP contribution in [0.5, 0.6) is 11.5 Å². The second-order valence-corrected chi connectivity index (χ2v) is 4.93. The normalized spacial score (nSPS) is 10.5. The van der Waals surface area contributed by atoms with Crippen molar-refractivity contribution in [2.45, 2.75) is 32.6 Å². The Bertz CT molecular complexity index is 613. The van der Waals surface area contributed by atoms with Crippen LogP contribution in [0.4, 0.5) is 0 Å². The number of aromatic hydroxyl groups is 1. The molecule has 2 rings (SSSR count). The molecule has 2 aromatic rings. The lowest BCUT2D eigenvalue weighted by atomic mass is 10.1. The fraction of sp³-hybridized carbons (Fsp3) is 0.353. The van der Waals surface area contributed by atoms with Crippen LogP contribution < -0.4 is 10.4 Å². The van der Waals surface area contributed by atoms with Crippen molar-refractivity contribution in [1.82, 2.24) is 0 Å². The highest BCUT2D eigenvalue weighted by atomic mass is 16.5. The van der Waals surface area contributed by atoms with Gasteiger partial charge < -0.3 is 14.3 Å². The van der Waals surface area contributed by atoms with Crippen molar-refractivity contribution >= 4 is 0 Å². The van der Waals surface area contributed by atoms with Gasteiger partial charge in [0, 0.05) is 11.6 Å². The standard InChI is InChI=1S/C17H20O4/c1-2-3-4-5-10-20-15-8-6-13(7-9-15)16-11-14(18)12-17(19)21-16/h6-9,11-12,18H,2-5,10H2,1H3. The fourth-order valence-corrected chi connectivity index (χ4v) is 2.04. The molecular formula is C17H20O4. The van der Waals surface area contributed by atoms with Crippen molar-refractivity contribution < 1.29 is 14.3 Å². The van der Waals surface area contributed by atoms with E-state index in [1.54, 1.807) is 12.1 Å². The quantitative estimate of drug-likeness (QED) is 0.783. The van der Waals surface area contributed by atoms with E-state index in [9.17, 15) is 9.90 Å². The predicted octanol–water partition coefficient (Wildman–Crippen LogP) is 3.97. The SMILES string of the molecule is CCCCCCOc1ccc(-c2cc(O)cc(=O)o2)cc1. The van der Waals surface area contributed by atoms with Crippen LogP contribution in [0.25, 0.3) is 11.3 Å². The van der Waals surface area contributed by atoms with E-state index in [1.165, 1.54) is 25.3 Å². The summed E-state index contributed by atoms with van der Waals surface area (Å²) in [5.74, 6) is 1.03. The first-order chi connectivity index (χ1) is 10.2. The molecule has 1 N–H and O–H groups in total. The van der Waals surface area contributed by atoms with Crippen LogP contribution in [0.3, 0.4) is 0 Å². The summed E-state index contributed by atoms with van der Waals surface area (Å²) in [6, 6.07) is 9.73. The summed E-state index contributed by atoms with van der Waals surface area (Å²) in [7, 11) is 0. The third-order valence-corrected chi connectivity index (χ3v) is 3.16. The molecule has 0 amide bonds. The van der Waals surface area contributed by atoms with Gasteiger partial charge >= 0.3 is 5.63 Å². The van der Waals surface area contributed by atoms with E-state index in [4.69, 9.17) is 9.15 Å². The van der Waals surface area contributed by atoms with E-state index in [1.807, 2.05) is 12.1 Å². The summed E-state index contributed by atoms with van der Waals surface area (Å²) >= 11 is 0. The summed E-state index contributed by atoms with van der Waals surface area (Å²) in [6.07, 6.45) is 4.68. The molecule has 0 bridgehead atoms. The third-order valence-electron chi connectivity index (χ3n) is 3.16. The lowest BCUT2D eigenvalue weighted by Gasteiger charge is -2.07. The number of ether oxygens (including phenoxy) is 1. The van der Waals surface area contributed by atoms with Crippen molar-refractivity contribution in [3.8, 4) is 22.8 Å². The molecule has 0 aliphatic rings. The van der Waals surface area contributed by atoms with Gasteiger partial charge in [-0.15, -0.1) is 0 Å². The van der Waals surface area contributed by atoms with Gasteiger partial charge in [0.2, 0.25) is 0 Å². The van der Waals surface area contributed by atoms with E-state index in [0.717, 1.165) is 23.8 Å². The Morgan fingerprint density at radius 3 is 2.52 bits per heavy atom. The van der Waals surface area contributed by atoms with Crippen LogP contribution in [0.2, 0.25) is 0 Å². The molecule has 0 saturated carbocycles. The van der Waals surface area contributed by atoms with Gasteiger partial charge in [0.25, 0.3) is 0 Å². The Labute approximate surface area is 124 Å². The van der Waals surface area contributed by atoms with Crippen LogP contribution in [0, 0.1) is 0 Å². The van der Waals surface area contributed by atoms with Gasteiger partial charge in [-0.3, -0.25) is 0 Å². The molecule has 1 aromatic carbocycles. The van der Waals surface area contributed by atoms with E-state index in [0.29, 0.717) is 12.4 Å². The molecule has 4 nitrogen and oxygen atoms in total. The van der Waals surface area contributed by atoms with Crippen molar-refractivity contribution in [2.24, 2.45) is 0 Å². The van der Waals surface area contributed by atoms with Gasteiger partial charge in [-0.1, -0.05) is 26.2 Å². The molecule has 112 valence electrons. The predicted molar refractivity (Wildman–Crippen MR) is 81.7 cm³/mol. The zero-order valence-corrected chi connectivity index (χ0v) is 12.2. The number of unbranched alkanes of at least 4 members (excludes halogenated alkanes) is 3. The summed E-state index contributed by atoms with van der Waals surface area (Å²) in [4.78, 5) is 11.2. The van der Waals surface area contributed by atoms with Crippen molar-refractivity contribution in [2.75, 3.05) is 6.61 Å². The minimum absolute atomic E-state index is 0.0995. The van der Waals surface area contributed by atoms with Gasteiger partial charge in [-0.2, -0.15) is 0 Å². The number of hydrogen-bond donors (Lipinski definition) is 1. The Hall–Kier alpha value is -2.23. The van der Waals surface area contributed by atoms with Crippen molar-refractivity contribution in [1.29, 1.82) is 0 Å². The van der Waals surface area contributed by atoms with Gasteiger partial charge in [-0.05, 0) is 30.7 Å². The second kappa shape index (κ2) is 7.53. The fourth-order valence-electron chi connectivity index (χ4n) is 2.04. The molecule has 0 aliphatic heterocycles. The van der Waals surface area contributed by atoms with Crippen LogP contribution in [-0.4, -0.2) is 11.7 Å². The molecule has 0 radical (unpaired) electrons. The smallest absolute Gasteiger partial charge is 0.339 e. The number of benzene rings is 1. The van der Waals surface area contributed by atoms with Gasteiger partial charge in [0.05, 0.1) is 12.7 Å². The topological polar surface area (TPSA) is 59.7 Å². The minimum Gasteiger partial charge on any atom is -0.508 e. The third kappa shape index (κ3) is 4.67. The molecule has 21 heavy (non-hydrogen) atoms. The van der Waals surface area contributed by atoms with Gasteiger partial charge in [0.1, 0.15) is 17.3 Å². The first-order valence-corrected chi connectivity index (χ1v) is 7.26. The van der Waals surface area contributed by atoms with Crippen molar-refractivity contribution in [3.05, 3.63) is 46.8 Å². The van der Waals surface area contributed by atoms with Crippen LogP contribution >= 0.6 is 0 Å². The van der Waals surface area contributed by atoms with Crippen molar-refractivity contribution in [3.63, 3.8) is 0 Å². The largest absolute Gasteiger partial charge is 0.508 e. The summed E-state index contributed by atoms with van der Waals surface area (Å²) in [5, 5.41) is 9.41. The van der Waals surface area contributed by atoms with Crippen LogP contribution in [0.15, 0.2) is 45.6 Å². The minimum atomic E-state index is -0.568. The highest BCUT2D eigenvalue weighted by Gasteiger charge is 2.04. The van der Waals surface area contributed by atoms with E-state index in [2.05, 4.69) is 6.92 Å². The summed E-state index contributed by atoms with van der Waals surface area (Å²) in [5.41, 5.74) is 0.155. The molecular weight excluding hydrogens is 268 g/mol.